The van der Waals surface area contributed by atoms with E-state index in [9.17, 15) is 4.79 Å². The molecule has 0 bridgehead atoms. The summed E-state index contributed by atoms with van der Waals surface area (Å²) in [5, 5.41) is 9.38. The topological polar surface area (TPSA) is 68.0 Å². The molecule has 0 aliphatic carbocycles. The summed E-state index contributed by atoms with van der Waals surface area (Å²) in [5.74, 6) is -0.841. The first kappa shape index (κ1) is 12.6. The lowest BCUT2D eigenvalue weighted by molar-refractivity contribution is -0.133. The van der Waals surface area contributed by atoms with Crippen LogP contribution in [0.15, 0.2) is 41.9 Å². The number of hydrogen-bond donors (Lipinski definition) is 1. The van der Waals surface area contributed by atoms with Gasteiger partial charge in [0.05, 0.1) is 17.5 Å². The van der Waals surface area contributed by atoms with Gasteiger partial charge < -0.3 is 9.67 Å². The Balaban J connectivity index is 2.18. The molecule has 0 spiro atoms. The van der Waals surface area contributed by atoms with Crippen molar-refractivity contribution in [3.05, 3.63) is 42.5 Å². The van der Waals surface area contributed by atoms with Gasteiger partial charge in [-0.05, 0) is 19.1 Å². The van der Waals surface area contributed by atoms with Crippen LogP contribution >= 0.6 is 11.8 Å². The van der Waals surface area contributed by atoms with Crippen molar-refractivity contribution in [2.45, 2.75) is 18.1 Å². The highest BCUT2D eigenvalue weighted by atomic mass is 32.2. The van der Waals surface area contributed by atoms with Crippen LogP contribution in [-0.4, -0.2) is 31.4 Å². The fourth-order valence-electron chi connectivity index (χ4n) is 1.60. The van der Waals surface area contributed by atoms with Gasteiger partial charge in [-0.15, -0.1) is 0 Å². The molecule has 5 nitrogen and oxygen atoms in total. The molecule has 0 saturated heterocycles. The molecule has 2 heterocycles. The van der Waals surface area contributed by atoms with E-state index in [1.807, 2.05) is 35.9 Å². The molecule has 6 heteroatoms. The third kappa shape index (κ3) is 2.89. The second-order valence-corrected chi connectivity index (χ2v) is 4.67. The molecule has 1 unspecified atom stereocenters. The van der Waals surface area contributed by atoms with Gasteiger partial charge in [0, 0.05) is 18.6 Å². The third-order valence-corrected chi connectivity index (χ3v) is 3.46. The maximum absolute atomic E-state index is 10.6. The van der Waals surface area contributed by atoms with Crippen LogP contribution < -0.4 is 0 Å². The molecule has 18 heavy (non-hydrogen) atoms. The van der Waals surface area contributed by atoms with Crippen molar-refractivity contribution >= 4 is 17.7 Å². The number of rotatable bonds is 5. The van der Waals surface area contributed by atoms with Gasteiger partial charge >= 0.3 is 5.97 Å². The molecule has 2 aromatic heterocycles. The van der Waals surface area contributed by atoms with E-state index >= 15 is 0 Å². The van der Waals surface area contributed by atoms with Crippen molar-refractivity contribution in [2.24, 2.45) is 0 Å². The molecule has 2 rings (SSSR count). The molecule has 0 fully saturated rings. The highest BCUT2D eigenvalue weighted by Gasteiger charge is 2.14. The summed E-state index contributed by atoms with van der Waals surface area (Å²) in [7, 11) is 0. The lowest BCUT2D eigenvalue weighted by Gasteiger charge is -2.15. The highest BCUT2D eigenvalue weighted by Crippen LogP contribution is 2.23. The minimum Gasteiger partial charge on any atom is -0.481 e. The number of hydrogen-bond acceptors (Lipinski definition) is 4. The number of carbonyl (C=O) groups is 1. The largest absolute Gasteiger partial charge is 0.481 e. The molecule has 0 radical (unpaired) electrons. The summed E-state index contributed by atoms with van der Waals surface area (Å²) in [6, 6.07) is 5.77. The summed E-state index contributed by atoms with van der Waals surface area (Å²) in [6.07, 6.45) is 5.25. The van der Waals surface area contributed by atoms with Gasteiger partial charge in [-0.25, -0.2) is 4.98 Å². The van der Waals surface area contributed by atoms with E-state index in [4.69, 9.17) is 5.11 Å². The quantitative estimate of drug-likeness (QED) is 0.836. The zero-order valence-electron chi connectivity index (χ0n) is 9.85. The van der Waals surface area contributed by atoms with Gasteiger partial charge in [-0.3, -0.25) is 9.78 Å². The first-order valence-electron chi connectivity index (χ1n) is 5.47. The van der Waals surface area contributed by atoms with Crippen LogP contribution in [0, 0.1) is 0 Å². The van der Waals surface area contributed by atoms with Gasteiger partial charge in [-0.1, -0.05) is 17.8 Å². The number of nitrogens with zero attached hydrogens (tertiary/aromatic N) is 3. The van der Waals surface area contributed by atoms with Gasteiger partial charge in [0.15, 0.2) is 5.16 Å². The van der Waals surface area contributed by atoms with Gasteiger partial charge in [0.2, 0.25) is 0 Å². The second-order valence-electron chi connectivity index (χ2n) is 3.73. The molecule has 0 amide bonds. The van der Waals surface area contributed by atoms with Crippen molar-refractivity contribution in [2.75, 3.05) is 5.75 Å². The Morgan fingerprint density at radius 1 is 1.44 bits per heavy atom. The standard InChI is InChI=1S/C12H13N3O2S/c1-9(10-4-2-3-5-13-10)15-7-6-14-12(15)18-8-11(16)17/h2-7,9H,8H2,1H3,(H,16,17). The van der Waals surface area contributed by atoms with Crippen LogP contribution in [0.2, 0.25) is 0 Å². The summed E-state index contributed by atoms with van der Waals surface area (Å²) in [4.78, 5) is 19.0. The van der Waals surface area contributed by atoms with Crippen LogP contribution in [0.4, 0.5) is 0 Å². The molecule has 1 atom stereocenters. The van der Waals surface area contributed by atoms with E-state index in [1.54, 1.807) is 12.4 Å². The number of pyridine rings is 1. The number of thioether (sulfide) groups is 1. The number of imidazole rings is 1. The number of carboxylic acid groups (broad SMARTS) is 1. The fourth-order valence-corrected chi connectivity index (χ4v) is 2.35. The first-order chi connectivity index (χ1) is 8.68. The molecular weight excluding hydrogens is 250 g/mol. The Bertz CT molecular complexity index is 527. The van der Waals surface area contributed by atoms with E-state index in [-0.39, 0.29) is 11.8 Å². The lowest BCUT2D eigenvalue weighted by atomic mass is 10.2. The molecule has 0 aliphatic rings. The molecule has 0 aromatic carbocycles. The average molecular weight is 263 g/mol. The van der Waals surface area contributed by atoms with Crippen LogP contribution in [0.25, 0.3) is 0 Å². The van der Waals surface area contributed by atoms with E-state index in [0.29, 0.717) is 5.16 Å². The van der Waals surface area contributed by atoms with Gasteiger partial charge in [0.25, 0.3) is 0 Å². The lowest BCUT2D eigenvalue weighted by Crippen LogP contribution is -2.09. The predicted octanol–water partition coefficient (Wildman–Crippen LogP) is 2.06. The van der Waals surface area contributed by atoms with E-state index in [0.717, 1.165) is 5.69 Å². The Kier molecular flexibility index (Phi) is 3.99. The van der Waals surface area contributed by atoms with Crippen LogP contribution in [0.5, 0.6) is 0 Å². The van der Waals surface area contributed by atoms with Crippen molar-refractivity contribution in [1.82, 2.24) is 14.5 Å². The molecule has 94 valence electrons. The number of aliphatic carboxylic acids is 1. The van der Waals surface area contributed by atoms with E-state index in [2.05, 4.69) is 9.97 Å². The second kappa shape index (κ2) is 5.68. The maximum atomic E-state index is 10.6. The minimum atomic E-state index is -0.847. The summed E-state index contributed by atoms with van der Waals surface area (Å²) in [5.41, 5.74) is 0.924. The Morgan fingerprint density at radius 3 is 2.94 bits per heavy atom. The summed E-state index contributed by atoms with van der Waals surface area (Å²) >= 11 is 1.21. The fraction of sp³-hybridized carbons (Fsp3) is 0.250. The van der Waals surface area contributed by atoms with E-state index in [1.165, 1.54) is 11.8 Å². The Labute approximate surface area is 109 Å². The smallest absolute Gasteiger partial charge is 0.313 e. The normalized spacial score (nSPS) is 12.3. The van der Waals surface area contributed by atoms with Gasteiger partial charge in [-0.2, -0.15) is 0 Å². The van der Waals surface area contributed by atoms with Crippen molar-refractivity contribution in [3.63, 3.8) is 0 Å². The van der Waals surface area contributed by atoms with Crippen LogP contribution in [0.1, 0.15) is 18.7 Å². The Morgan fingerprint density at radius 2 is 2.28 bits per heavy atom. The minimum absolute atomic E-state index is 0.00590. The molecule has 0 aliphatic heterocycles. The van der Waals surface area contributed by atoms with Gasteiger partial charge in [0.1, 0.15) is 0 Å². The zero-order chi connectivity index (χ0) is 13.0. The SMILES string of the molecule is CC(c1ccccn1)n1ccnc1SCC(=O)O. The Hall–Kier alpha value is -1.82. The van der Waals surface area contributed by atoms with Crippen molar-refractivity contribution in [1.29, 1.82) is 0 Å². The number of aromatic nitrogens is 3. The summed E-state index contributed by atoms with van der Waals surface area (Å²) < 4.78 is 1.93. The van der Waals surface area contributed by atoms with E-state index < -0.39 is 5.97 Å². The maximum Gasteiger partial charge on any atom is 0.313 e. The summed E-state index contributed by atoms with van der Waals surface area (Å²) in [6.45, 7) is 2.01. The monoisotopic (exact) mass is 263 g/mol. The van der Waals surface area contributed by atoms with Crippen molar-refractivity contribution in [3.8, 4) is 0 Å². The van der Waals surface area contributed by atoms with Crippen LogP contribution in [0.3, 0.4) is 0 Å². The highest BCUT2D eigenvalue weighted by molar-refractivity contribution is 7.99. The zero-order valence-corrected chi connectivity index (χ0v) is 10.7. The van der Waals surface area contributed by atoms with Crippen LogP contribution in [-0.2, 0) is 4.79 Å². The average Bonchev–Trinajstić information content (AvgIpc) is 2.85. The number of carboxylic acids is 1. The third-order valence-electron chi connectivity index (χ3n) is 2.49. The molecule has 1 N–H and O–H groups in total. The predicted molar refractivity (Wildman–Crippen MR) is 68.6 cm³/mol. The molecule has 0 saturated carbocycles. The molecular formula is C12H13N3O2S. The van der Waals surface area contributed by atoms with Crippen molar-refractivity contribution < 1.29 is 9.90 Å². The molecule has 2 aromatic rings. The first-order valence-corrected chi connectivity index (χ1v) is 6.45.